The van der Waals surface area contributed by atoms with Gasteiger partial charge in [0.15, 0.2) is 5.78 Å². The Morgan fingerprint density at radius 1 is 1.00 bits per heavy atom. The summed E-state index contributed by atoms with van der Waals surface area (Å²) in [5.74, 6) is 0.0419. The molecule has 0 aliphatic carbocycles. The Balaban J connectivity index is 2.41. The first kappa shape index (κ1) is 12.4. The molecule has 0 spiro atoms. The molecule has 0 aromatic carbocycles. The van der Waals surface area contributed by atoms with Gasteiger partial charge in [0.2, 0.25) is 0 Å². The monoisotopic (exact) mass is 240 g/mol. The molecule has 0 atom stereocenters. The minimum atomic E-state index is -0.421. The van der Waals surface area contributed by atoms with Gasteiger partial charge in [-0.25, -0.2) is 4.98 Å². The number of hydrogen-bond donors (Lipinski definition) is 0. The summed E-state index contributed by atoms with van der Waals surface area (Å²) >= 11 is 0. The SMILES string of the molecule is CC(C)(C)C(=O)c1cccc(-c2ccccn2)n1. The number of hydrogen-bond acceptors (Lipinski definition) is 3. The lowest BCUT2D eigenvalue weighted by Gasteiger charge is -2.16. The third-order valence-electron chi connectivity index (χ3n) is 2.59. The summed E-state index contributed by atoms with van der Waals surface area (Å²) in [6, 6.07) is 11.1. The molecule has 0 amide bonds. The first-order valence-electron chi connectivity index (χ1n) is 5.92. The molecule has 0 N–H and O–H groups in total. The predicted octanol–water partition coefficient (Wildman–Crippen LogP) is 3.37. The lowest BCUT2D eigenvalue weighted by atomic mass is 9.88. The van der Waals surface area contributed by atoms with Gasteiger partial charge in [-0.1, -0.05) is 32.9 Å². The van der Waals surface area contributed by atoms with Crippen LogP contribution in [-0.4, -0.2) is 15.8 Å². The molecule has 0 unspecified atom stereocenters. The summed E-state index contributed by atoms with van der Waals surface area (Å²) in [5, 5.41) is 0. The molecule has 0 fully saturated rings. The second kappa shape index (κ2) is 4.69. The maximum absolute atomic E-state index is 12.2. The van der Waals surface area contributed by atoms with Crippen LogP contribution in [0.5, 0.6) is 0 Å². The number of ketones is 1. The van der Waals surface area contributed by atoms with Crippen LogP contribution < -0.4 is 0 Å². The molecule has 92 valence electrons. The zero-order valence-corrected chi connectivity index (χ0v) is 10.8. The highest BCUT2D eigenvalue weighted by Gasteiger charge is 2.24. The summed E-state index contributed by atoms with van der Waals surface area (Å²) in [7, 11) is 0. The molecule has 0 aliphatic rings. The molecule has 18 heavy (non-hydrogen) atoms. The number of carbonyl (C=O) groups excluding carboxylic acids is 1. The molecule has 3 heteroatoms. The minimum absolute atomic E-state index is 0.0419. The smallest absolute Gasteiger partial charge is 0.186 e. The Morgan fingerprint density at radius 2 is 1.72 bits per heavy atom. The predicted molar refractivity (Wildman–Crippen MR) is 71.3 cm³/mol. The van der Waals surface area contributed by atoms with Gasteiger partial charge in [0.1, 0.15) is 5.69 Å². The zero-order chi connectivity index (χ0) is 13.2. The van der Waals surface area contributed by atoms with Crippen molar-refractivity contribution < 1.29 is 4.79 Å². The van der Waals surface area contributed by atoms with E-state index in [4.69, 9.17) is 0 Å². The molecule has 0 radical (unpaired) electrons. The van der Waals surface area contributed by atoms with Gasteiger partial charge >= 0.3 is 0 Å². The van der Waals surface area contributed by atoms with Gasteiger partial charge in [0.25, 0.3) is 0 Å². The van der Waals surface area contributed by atoms with E-state index in [1.165, 1.54) is 0 Å². The average molecular weight is 240 g/mol. The van der Waals surface area contributed by atoms with E-state index >= 15 is 0 Å². The van der Waals surface area contributed by atoms with E-state index in [2.05, 4.69) is 9.97 Å². The average Bonchev–Trinajstić information content (AvgIpc) is 2.38. The molecule has 2 aromatic rings. The van der Waals surface area contributed by atoms with E-state index in [0.29, 0.717) is 5.69 Å². The minimum Gasteiger partial charge on any atom is -0.292 e. The lowest BCUT2D eigenvalue weighted by Crippen LogP contribution is -2.21. The summed E-state index contributed by atoms with van der Waals surface area (Å²) in [5.41, 5.74) is 1.58. The lowest BCUT2D eigenvalue weighted by molar-refractivity contribution is 0.0853. The van der Waals surface area contributed by atoms with Gasteiger partial charge in [-0.2, -0.15) is 0 Å². The number of aromatic nitrogens is 2. The summed E-state index contributed by atoms with van der Waals surface area (Å²) in [6.07, 6.45) is 1.72. The topological polar surface area (TPSA) is 42.9 Å². The fraction of sp³-hybridized carbons (Fsp3) is 0.267. The number of rotatable bonds is 2. The fourth-order valence-electron chi connectivity index (χ4n) is 1.60. The number of Topliss-reactive ketones (excluding diaryl/α,β-unsaturated/α-hetero) is 1. The van der Waals surface area contributed by atoms with Crippen LogP contribution in [-0.2, 0) is 0 Å². The molecule has 0 saturated carbocycles. The van der Waals surface area contributed by atoms with Gasteiger partial charge in [0, 0.05) is 11.6 Å². The van der Waals surface area contributed by atoms with Crippen molar-refractivity contribution in [2.75, 3.05) is 0 Å². The standard InChI is InChI=1S/C15H16N2O/c1-15(2,3)14(18)13-9-6-8-12(17-13)11-7-4-5-10-16-11/h4-10H,1-3H3. The van der Waals surface area contributed by atoms with Crippen molar-refractivity contribution in [3.63, 3.8) is 0 Å². The second-order valence-corrected chi connectivity index (χ2v) is 5.20. The number of carbonyl (C=O) groups is 1. The van der Waals surface area contributed by atoms with Crippen LogP contribution in [0.25, 0.3) is 11.4 Å². The Labute approximate surface area is 107 Å². The Morgan fingerprint density at radius 3 is 2.33 bits per heavy atom. The van der Waals surface area contributed by atoms with Crippen LogP contribution in [0.1, 0.15) is 31.3 Å². The Kier molecular flexibility index (Phi) is 3.24. The van der Waals surface area contributed by atoms with Crippen LogP contribution >= 0.6 is 0 Å². The summed E-state index contributed by atoms with van der Waals surface area (Å²) in [4.78, 5) is 20.8. The maximum Gasteiger partial charge on any atom is 0.186 e. The van der Waals surface area contributed by atoms with Crippen LogP contribution in [0.4, 0.5) is 0 Å². The van der Waals surface area contributed by atoms with E-state index in [-0.39, 0.29) is 5.78 Å². The van der Waals surface area contributed by atoms with Crippen molar-refractivity contribution >= 4 is 5.78 Å². The highest BCUT2D eigenvalue weighted by Crippen LogP contribution is 2.21. The van der Waals surface area contributed by atoms with Gasteiger partial charge in [-0.15, -0.1) is 0 Å². The molecule has 0 saturated heterocycles. The van der Waals surface area contributed by atoms with Gasteiger partial charge in [0.05, 0.1) is 11.4 Å². The first-order chi connectivity index (χ1) is 8.48. The molecular weight excluding hydrogens is 224 g/mol. The summed E-state index contributed by atoms with van der Waals surface area (Å²) in [6.45, 7) is 5.68. The van der Waals surface area contributed by atoms with Crippen molar-refractivity contribution in [2.24, 2.45) is 5.41 Å². The van der Waals surface area contributed by atoms with E-state index < -0.39 is 5.41 Å². The van der Waals surface area contributed by atoms with Crippen molar-refractivity contribution in [1.82, 2.24) is 9.97 Å². The van der Waals surface area contributed by atoms with E-state index in [1.807, 2.05) is 51.1 Å². The first-order valence-corrected chi connectivity index (χ1v) is 5.92. The molecule has 0 aliphatic heterocycles. The van der Waals surface area contributed by atoms with E-state index in [1.54, 1.807) is 12.3 Å². The second-order valence-electron chi connectivity index (χ2n) is 5.20. The van der Waals surface area contributed by atoms with Gasteiger partial charge in [-0.3, -0.25) is 9.78 Å². The van der Waals surface area contributed by atoms with Crippen LogP contribution in [0.2, 0.25) is 0 Å². The maximum atomic E-state index is 12.2. The van der Waals surface area contributed by atoms with Crippen LogP contribution in [0.3, 0.4) is 0 Å². The van der Waals surface area contributed by atoms with Gasteiger partial charge < -0.3 is 0 Å². The molecule has 3 nitrogen and oxygen atoms in total. The third-order valence-corrected chi connectivity index (χ3v) is 2.59. The molecule has 2 heterocycles. The number of pyridine rings is 2. The van der Waals surface area contributed by atoms with E-state index in [9.17, 15) is 4.79 Å². The van der Waals surface area contributed by atoms with Crippen molar-refractivity contribution in [2.45, 2.75) is 20.8 Å². The van der Waals surface area contributed by atoms with Crippen LogP contribution in [0.15, 0.2) is 42.6 Å². The van der Waals surface area contributed by atoms with E-state index in [0.717, 1.165) is 11.4 Å². The van der Waals surface area contributed by atoms with Crippen molar-refractivity contribution in [3.05, 3.63) is 48.3 Å². The third kappa shape index (κ3) is 2.62. The zero-order valence-electron chi connectivity index (χ0n) is 10.8. The molecule has 2 aromatic heterocycles. The normalized spacial score (nSPS) is 11.3. The fourth-order valence-corrected chi connectivity index (χ4v) is 1.60. The van der Waals surface area contributed by atoms with Crippen molar-refractivity contribution in [3.8, 4) is 11.4 Å². The van der Waals surface area contributed by atoms with Gasteiger partial charge in [-0.05, 0) is 24.3 Å². The molecular formula is C15H16N2O. The summed E-state index contributed by atoms with van der Waals surface area (Å²) < 4.78 is 0. The number of nitrogens with zero attached hydrogens (tertiary/aromatic N) is 2. The molecule has 0 bridgehead atoms. The quantitative estimate of drug-likeness (QED) is 0.756. The van der Waals surface area contributed by atoms with Crippen molar-refractivity contribution in [1.29, 1.82) is 0 Å². The Hall–Kier alpha value is -2.03. The largest absolute Gasteiger partial charge is 0.292 e. The van der Waals surface area contributed by atoms with Crippen LogP contribution in [0, 0.1) is 5.41 Å². The Bertz CT molecular complexity index is 556. The highest BCUT2D eigenvalue weighted by molar-refractivity contribution is 5.98. The molecule has 2 rings (SSSR count). The highest BCUT2D eigenvalue weighted by atomic mass is 16.1.